The molecule has 0 rings (SSSR count). The quantitative estimate of drug-likeness (QED) is 0.405. The summed E-state index contributed by atoms with van der Waals surface area (Å²) in [6.07, 6.45) is 5.26. The van der Waals surface area contributed by atoms with Crippen molar-refractivity contribution in [2.24, 2.45) is 5.73 Å². The van der Waals surface area contributed by atoms with Crippen molar-refractivity contribution in [3.63, 3.8) is 0 Å². The van der Waals surface area contributed by atoms with Gasteiger partial charge in [-0.3, -0.25) is 4.79 Å². The van der Waals surface area contributed by atoms with Gasteiger partial charge in [-0.25, -0.2) is 4.57 Å². The number of carbonyl (C=O) groups excluding carboxylic acids is 1. The Morgan fingerprint density at radius 3 is 1.69 bits per heavy atom. The van der Waals surface area contributed by atoms with E-state index in [0.29, 0.717) is 0 Å². The SMILES string of the molecule is CCCCNCCCC.NC(=O)P(=O)(O)O. The predicted molar refractivity (Wildman–Crippen MR) is 64.3 cm³/mol. The normalized spacial score (nSPS) is 10.5. The average Bonchev–Trinajstić information content (AvgIpc) is 2.17. The zero-order valence-corrected chi connectivity index (χ0v) is 10.9. The molecule has 0 aromatic rings. The van der Waals surface area contributed by atoms with Crippen LogP contribution < -0.4 is 11.1 Å². The molecule has 16 heavy (non-hydrogen) atoms. The fourth-order valence-electron chi connectivity index (χ4n) is 0.729. The summed E-state index contributed by atoms with van der Waals surface area (Å²) in [7, 11) is -4.60. The number of hydrogen-bond donors (Lipinski definition) is 4. The molecule has 0 saturated heterocycles. The molecule has 0 unspecified atom stereocenters. The molecule has 0 saturated carbocycles. The van der Waals surface area contributed by atoms with Gasteiger partial charge in [-0.1, -0.05) is 26.7 Å². The maximum Gasteiger partial charge on any atom is 0.412 e. The van der Waals surface area contributed by atoms with Crippen molar-refractivity contribution >= 4 is 13.2 Å². The molecule has 7 heteroatoms. The molecule has 0 aromatic carbocycles. The molecular formula is C9H23N2O4P. The first kappa shape index (κ1) is 18.0. The lowest BCUT2D eigenvalue weighted by molar-refractivity contribution is 0.255. The van der Waals surface area contributed by atoms with Crippen LogP contribution in [0.2, 0.25) is 0 Å². The molecule has 0 atom stereocenters. The van der Waals surface area contributed by atoms with Crippen molar-refractivity contribution in [2.75, 3.05) is 13.1 Å². The molecule has 0 spiro atoms. The lowest BCUT2D eigenvalue weighted by Gasteiger charge is -1.99. The molecule has 0 fully saturated rings. The van der Waals surface area contributed by atoms with E-state index in [0.717, 1.165) is 0 Å². The van der Waals surface area contributed by atoms with Crippen LogP contribution >= 0.6 is 7.60 Å². The molecule has 0 heterocycles. The Morgan fingerprint density at radius 2 is 1.50 bits per heavy atom. The molecule has 0 radical (unpaired) electrons. The number of amides is 1. The average molecular weight is 254 g/mol. The van der Waals surface area contributed by atoms with Gasteiger partial charge >= 0.3 is 13.2 Å². The maximum absolute atomic E-state index is 9.55. The summed E-state index contributed by atoms with van der Waals surface area (Å²) in [5.41, 5.74) is 2.58. The number of hydrogen-bond acceptors (Lipinski definition) is 3. The summed E-state index contributed by atoms with van der Waals surface area (Å²) < 4.78 is 9.55. The molecule has 0 aliphatic rings. The molecule has 1 amide bonds. The molecule has 5 N–H and O–H groups in total. The van der Waals surface area contributed by atoms with Crippen LogP contribution in [0.15, 0.2) is 0 Å². The predicted octanol–water partition coefficient (Wildman–Crippen LogP) is 1.42. The van der Waals surface area contributed by atoms with Gasteiger partial charge in [0, 0.05) is 0 Å². The summed E-state index contributed by atoms with van der Waals surface area (Å²) in [6, 6.07) is 0. The third-order valence-corrected chi connectivity index (χ3v) is 2.28. The Kier molecular flexibility index (Phi) is 12.4. The Morgan fingerprint density at radius 1 is 1.19 bits per heavy atom. The van der Waals surface area contributed by atoms with Gasteiger partial charge in [0.25, 0.3) is 0 Å². The number of carbonyl (C=O) groups is 1. The van der Waals surface area contributed by atoms with E-state index < -0.39 is 13.2 Å². The zero-order chi connectivity index (χ0) is 13.0. The number of nitrogens with one attached hydrogen (secondary N) is 1. The van der Waals surface area contributed by atoms with E-state index in [-0.39, 0.29) is 0 Å². The largest absolute Gasteiger partial charge is 0.412 e. The van der Waals surface area contributed by atoms with Crippen molar-refractivity contribution in [3.8, 4) is 0 Å². The lowest BCUT2D eigenvalue weighted by atomic mass is 10.3. The van der Waals surface area contributed by atoms with E-state index in [1.54, 1.807) is 0 Å². The molecular weight excluding hydrogens is 231 g/mol. The number of nitrogens with two attached hydrogens (primary N) is 1. The summed E-state index contributed by atoms with van der Waals surface area (Å²) in [6.45, 7) is 6.86. The molecule has 0 bridgehead atoms. The fourth-order valence-corrected chi connectivity index (χ4v) is 0.729. The Hall–Kier alpha value is -0.420. The highest BCUT2D eigenvalue weighted by Crippen LogP contribution is 2.33. The highest BCUT2D eigenvalue weighted by Gasteiger charge is 2.20. The Labute approximate surface area is 96.8 Å². The number of unbranched alkanes of at least 4 members (excludes halogenated alkanes) is 2. The van der Waals surface area contributed by atoms with E-state index >= 15 is 0 Å². The van der Waals surface area contributed by atoms with Crippen LogP contribution in [-0.2, 0) is 4.57 Å². The first-order valence-corrected chi connectivity index (χ1v) is 7.03. The Bertz CT molecular complexity index is 212. The van der Waals surface area contributed by atoms with Crippen LogP contribution in [0.3, 0.4) is 0 Å². The van der Waals surface area contributed by atoms with Crippen molar-refractivity contribution in [1.29, 1.82) is 0 Å². The molecule has 0 aromatic heterocycles. The zero-order valence-electron chi connectivity index (χ0n) is 9.98. The minimum Gasteiger partial charge on any atom is -0.359 e. The summed E-state index contributed by atoms with van der Waals surface area (Å²) in [5, 5.41) is 3.39. The van der Waals surface area contributed by atoms with Gasteiger partial charge in [-0.2, -0.15) is 0 Å². The lowest BCUT2D eigenvalue weighted by Crippen LogP contribution is -2.15. The van der Waals surface area contributed by atoms with Crippen LogP contribution in [0, 0.1) is 0 Å². The van der Waals surface area contributed by atoms with Crippen molar-refractivity contribution < 1.29 is 19.1 Å². The van der Waals surface area contributed by atoms with Gasteiger partial charge in [0.05, 0.1) is 0 Å². The van der Waals surface area contributed by atoms with E-state index in [1.165, 1.54) is 38.8 Å². The van der Waals surface area contributed by atoms with Gasteiger partial charge in [0.15, 0.2) is 0 Å². The summed E-state index contributed by atoms with van der Waals surface area (Å²) >= 11 is 0. The van der Waals surface area contributed by atoms with Gasteiger partial charge < -0.3 is 20.8 Å². The van der Waals surface area contributed by atoms with Crippen molar-refractivity contribution in [3.05, 3.63) is 0 Å². The number of rotatable bonds is 7. The minimum absolute atomic E-state index is 1.20. The minimum atomic E-state index is -4.60. The fraction of sp³-hybridized carbons (Fsp3) is 0.889. The van der Waals surface area contributed by atoms with Gasteiger partial charge in [-0.05, 0) is 25.9 Å². The van der Waals surface area contributed by atoms with Crippen LogP contribution in [0.1, 0.15) is 39.5 Å². The Balaban J connectivity index is 0. The molecule has 0 aliphatic heterocycles. The highest BCUT2D eigenvalue weighted by atomic mass is 31.2. The van der Waals surface area contributed by atoms with E-state index in [4.69, 9.17) is 9.79 Å². The van der Waals surface area contributed by atoms with Crippen LogP contribution in [0.25, 0.3) is 0 Å². The van der Waals surface area contributed by atoms with Crippen LogP contribution in [0.5, 0.6) is 0 Å². The van der Waals surface area contributed by atoms with E-state index in [2.05, 4.69) is 24.9 Å². The van der Waals surface area contributed by atoms with E-state index in [9.17, 15) is 9.36 Å². The summed E-state index contributed by atoms with van der Waals surface area (Å²) in [4.78, 5) is 24.9. The first-order valence-electron chi connectivity index (χ1n) is 5.42. The van der Waals surface area contributed by atoms with Gasteiger partial charge in [-0.15, -0.1) is 0 Å². The van der Waals surface area contributed by atoms with E-state index in [1.807, 2.05) is 0 Å². The standard InChI is InChI=1S/C8H19N.CH4NO4P/c1-3-5-7-9-8-6-4-2;2-1(3)7(4,5)6/h9H,3-8H2,1-2H3;(H2,2,3)(H2,4,5,6). The third-order valence-electron chi connectivity index (χ3n) is 1.70. The second kappa shape index (κ2) is 11.1. The maximum atomic E-state index is 9.55. The van der Waals surface area contributed by atoms with Gasteiger partial charge in [0.2, 0.25) is 0 Å². The summed E-state index contributed by atoms with van der Waals surface area (Å²) in [5.74, 6) is 0. The van der Waals surface area contributed by atoms with Crippen LogP contribution in [-0.4, -0.2) is 28.5 Å². The molecule has 0 aliphatic carbocycles. The first-order chi connectivity index (χ1) is 7.36. The third kappa shape index (κ3) is 16.0. The van der Waals surface area contributed by atoms with Crippen LogP contribution in [0.4, 0.5) is 4.79 Å². The smallest absolute Gasteiger partial charge is 0.359 e. The second-order valence-corrected chi connectivity index (χ2v) is 4.87. The topological polar surface area (TPSA) is 113 Å². The van der Waals surface area contributed by atoms with Crippen molar-refractivity contribution in [2.45, 2.75) is 39.5 Å². The highest BCUT2D eigenvalue weighted by molar-refractivity contribution is 7.69. The monoisotopic (exact) mass is 254 g/mol. The molecule has 6 nitrogen and oxygen atoms in total. The second-order valence-electron chi connectivity index (χ2n) is 3.34. The number of primary amides is 1. The van der Waals surface area contributed by atoms with Crippen molar-refractivity contribution in [1.82, 2.24) is 5.32 Å². The molecule has 98 valence electrons. The van der Waals surface area contributed by atoms with Gasteiger partial charge in [0.1, 0.15) is 0 Å².